The van der Waals surface area contributed by atoms with Crippen molar-refractivity contribution in [3.63, 3.8) is 0 Å². The lowest BCUT2D eigenvalue weighted by Gasteiger charge is -2.34. The van der Waals surface area contributed by atoms with E-state index in [1.807, 2.05) is 0 Å². The molecule has 3 aliphatic rings. The summed E-state index contributed by atoms with van der Waals surface area (Å²) in [5.41, 5.74) is 0. The monoisotopic (exact) mass is 432 g/mol. The third-order valence-corrected chi connectivity index (χ3v) is 9.00. The lowest BCUT2D eigenvalue weighted by molar-refractivity contribution is 0.177. The first kappa shape index (κ1) is 27.2. The Hall–Kier alpha value is 0. The molecule has 1 atom stereocenters. The third kappa shape index (κ3) is 13.3. The highest BCUT2D eigenvalue weighted by atomic mass is 14.3. The predicted octanol–water partition coefficient (Wildman–Crippen LogP) is 11.3. The van der Waals surface area contributed by atoms with E-state index in [9.17, 15) is 0 Å². The Balaban J connectivity index is 0.000000262. The molecule has 0 bridgehead atoms. The second kappa shape index (κ2) is 18.4. The van der Waals surface area contributed by atoms with E-state index in [-0.39, 0.29) is 0 Å². The van der Waals surface area contributed by atoms with Gasteiger partial charge in [-0.1, -0.05) is 168 Å². The Morgan fingerprint density at radius 1 is 0.548 bits per heavy atom. The molecule has 0 aromatic carbocycles. The molecule has 0 aromatic rings. The van der Waals surface area contributed by atoms with E-state index in [2.05, 4.69) is 13.8 Å². The van der Waals surface area contributed by atoms with E-state index in [0.29, 0.717) is 0 Å². The molecule has 0 heterocycles. The SMILES string of the molecule is CC1CCCCCCCCC1.CCCCCCC(CC1CCCCC1)C1CCCCC1. The highest BCUT2D eigenvalue weighted by Crippen LogP contribution is 2.39. The lowest BCUT2D eigenvalue weighted by atomic mass is 9.72. The summed E-state index contributed by atoms with van der Waals surface area (Å²) in [6, 6.07) is 0. The summed E-state index contributed by atoms with van der Waals surface area (Å²) in [5.74, 6) is 4.30. The summed E-state index contributed by atoms with van der Waals surface area (Å²) in [5, 5.41) is 0. The van der Waals surface area contributed by atoms with Gasteiger partial charge in [0.05, 0.1) is 0 Å². The second-order valence-electron chi connectivity index (χ2n) is 11.9. The summed E-state index contributed by atoms with van der Waals surface area (Å²) < 4.78 is 0. The van der Waals surface area contributed by atoms with Gasteiger partial charge in [-0.25, -0.2) is 0 Å². The Morgan fingerprint density at radius 2 is 1.03 bits per heavy atom. The van der Waals surface area contributed by atoms with Gasteiger partial charge in [0.2, 0.25) is 0 Å². The van der Waals surface area contributed by atoms with Crippen molar-refractivity contribution in [3.05, 3.63) is 0 Å². The van der Waals surface area contributed by atoms with Gasteiger partial charge in [0.15, 0.2) is 0 Å². The minimum atomic E-state index is 1.01. The fraction of sp³-hybridized carbons (Fsp3) is 1.00. The first-order chi connectivity index (χ1) is 15.3. The minimum Gasteiger partial charge on any atom is -0.0654 e. The van der Waals surface area contributed by atoms with Gasteiger partial charge in [-0.15, -0.1) is 0 Å². The summed E-state index contributed by atoms with van der Waals surface area (Å²) in [6.45, 7) is 4.75. The van der Waals surface area contributed by atoms with Crippen molar-refractivity contribution < 1.29 is 0 Å². The minimum absolute atomic E-state index is 1.01. The zero-order valence-electron chi connectivity index (χ0n) is 22.0. The van der Waals surface area contributed by atoms with Gasteiger partial charge >= 0.3 is 0 Å². The molecular formula is C31H60. The van der Waals surface area contributed by atoms with Gasteiger partial charge in [-0.3, -0.25) is 0 Å². The van der Waals surface area contributed by atoms with Gasteiger partial charge in [0.1, 0.15) is 0 Å². The zero-order chi connectivity index (χ0) is 22.0. The predicted molar refractivity (Wildman–Crippen MR) is 141 cm³/mol. The van der Waals surface area contributed by atoms with Crippen LogP contribution in [0.5, 0.6) is 0 Å². The normalized spacial score (nSPS) is 24.2. The van der Waals surface area contributed by atoms with Crippen molar-refractivity contribution in [2.24, 2.45) is 23.7 Å². The van der Waals surface area contributed by atoms with E-state index in [1.165, 1.54) is 122 Å². The Labute approximate surface area is 198 Å². The maximum atomic E-state index is 2.42. The molecule has 0 spiro atoms. The van der Waals surface area contributed by atoms with Gasteiger partial charge < -0.3 is 0 Å². The van der Waals surface area contributed by atoms with E-state index >= 15 is 0 Å². The van der Waals surface area contributed by atoms with Crippen LogP contribution in [0.4, 0.5) is 0 Å². The van der Waals surface area contributed by atoms with E-state index in [0.717, 1.165) is 23.7 Å². The zero-order valence-corrected chi connectivity index (χ0v) is 22.0. The lowest BCUT2D eigenvalue weighted by Crippen LogP contribution is -2.22. The molecule has 3 rings (SSSR count). The molecule has 0 nitrogen and oxygen atoms in total. The average molecular weight is 433 g/mol. The van der Waals surface area contributed by atoms with Crippen molar-refractivity contribution in [1.82, 2.24) is 0 Å². The molecule has 184 valence electrons. The molecule has 1 unspecified atom stereocenters. The van der Waals surface area contributed by atoms with Crippen LogP contribution < -0.4 is 0 Å². The van der Waals surface area contributed by atoms with Crippen LogP contribution in [-0.2, 0) is 0 Å². The molecule has 3 saturated carbocycles. The van der Waals surface area contributed by atoms with Crippen LogP contribution in [0, 0.1) is 23.7 Å². The van der Waals surface area contributed by atoms with Crippen LogP contribution in [0.3, 0.4) is 0 Å². The standard InChI is InChI=1S/C20H38.C11H22/c1-2-3-4-9-16-20(19-14-10-6-11-15-19)17-18-12-7-5-8-13-18;1-11-9-7-5-3-2-4-6-8-10-11/h18-20H,2-17H2,1H3;11H,2-10H2,1H3. The maximum absolute atomic E-state index is 2.42. The highest BCUT2D eigenvalue weighted by molar-refractivity contribution is 4.78. The van der Waals surface area contributed by atoms with E-state index < -0.39 is 0 Å². The van der Waals surface area contributed by atoms with Crippen LogP contribution >= 0.6 is 0 Å². The molecule has 0 N–H and O–H groups in total. The molecule has 0 radical (unpaired) electrons. The molecule has 3 fully saturated rings. The Kier molecular flexibility index (Phi) is 16.2. The van der Waals surface area contributed by atoms with Crippen LogP contribution in [-0.4, -0.2) is 0 Å². The topological polar surface area (TPSA) is 0 Å². The molecule has 0 heteroatoms. The van der Waals surface area contributed by atoms with Gasteiger partial charge in [-0.2, -0.15) is 0 Å². The van der Waals surface area contributed by atoms with Crippen molar-refractivity contribution in [3.8, 4) is 0 Å². The number of unbranched alkanes of at least 4 members (excludes halogenated alkanes) is 3. The van der Waals surface area contributed by atoms with Crippen molar-refractivity contribution in [2.75, 3.05) is 0 Å². The van der Waals surface area contributed by atoms with Gasteiger partial charge in [0.25, 0.3) is 0 Å². The fourth-order valence-corrected chi connectivity index (χ4v) is 6.85. The van der Waals surface area contributed by atoms with Gasteiger partial charge in [-0.05, 0) is 30.1 Å². The van der Waals surface area contributed by atoms with Crippen LogP contribution in [0.15, 0.2) is 0 Å². The quantitative estimate of drug-likeness (QED) is 0.334. The molecular weight excluding hydrogens is 372 g/mol. The molecule has 31 heavy (non-hydrogen) atoms. The summed E-state index contributed by atoms with van der Waals surface area (Å²) in [7, 11) is 0. The van der Waals surface area contributed by atoms with Crippen molar-refractivity contribution in [2.45, 2.75) is 174 Å². The summed E-state index contributed by atoms with van der Waals surface area (Å²) in [6.07, 6.45) is 37.8. The maximum Gasteiger partial charge on any atom is -0.0383 e. The van der Waals surface area contributed by atoms with Gasteiger partial charge in [0, 0.05) is 0 Å². The van der Waals surface area contributed by atoms with Crippen molar-refractivity contribution in [1.29, 1.82) is 0 Å². The molecule has 0 aliphatic heterocycles. The van der Waals surface area contributed by atoms with Crippen LogP contribution in [0.2, 0.25) is 0 Å². The molecule has 0 saturated heterocycles. The smallest absolute Gasteiger partial charge is 0.0383 e. The first-order valence-electron chi connectivity index (χ1n) is 15.3. The third-order valence-electron chi connectivity index (χ3n) is 9.00. The van der Waals surface area contributed by atoms with Crippen LogP contribution in [0.1, 0.15) is 174 Å². The van der Waals surface area contributed by atoms with Crippen LogP contribution in [0.25, 0.3) is 0 Å². The average Bonchev–Trinajstić information content (AvgIpc) is 2.82. The molecule has 3 aliphatic carbocycles. The summed E-state index contributed by atoms with van der Waals surface area (Å²) >= 11 is 0. The largest absolute Gasteiger partial charge is 0.0654 e. The number of hydrogen-bond donors (Lipinski definition) is 0. The Bertz CT molecular complexity index is 363. The van der Waals surface area contributed by atoms with E-state index in [4.69, 9.17) is 0 Å². The van der Waals surface area contributed by atoms with E-state index in [1.54, 1.807) is 38.5 Å². The second-order valence-corrected chi connectivity index (χ2v) is 11.9. The first-order valence-corrected chi connectivity index (χ1v) is 15.3. The Morgan fingerprint density at radius 3 is 1.61 bits per heavy atom. The molecule has 0 aromatic heterocycles. The fourth-order valence-electron chi connectivity index (χ4n) is 6.85. The number of rotatable bonds is 8. The number of hydrogen-bond acceptors (Lipinski definition) is 0. The van der Waals surface area contributed by atoms with Crippen molar-refractivity contribution >= 4 is 0 Å². The highest BCUT2D eigenvalue weighted by Gasteiger charge is 2.26. The summed E-state index contributed by atoms with van der Waals surface area (Å²) in [4.78, 5) is 0. The molecule has 0 amide bonds.